The van der Waals surface area contributed by atoms with Crippen LogP contribution in [0, 0.1) is 0 Å². The topological polar surface area (TPSA) is 58.9 Å². The van der Waals surface area contributed by atoms with Crippen molar-refractivity contribution in [2.24, 2.45) is 0 Å². The minimum Gasteiger partial charge on any atom is -0.497 e. The summed E-state index contributed by atoms with van der Waals surface area (Å²) in [7, 11) is -0.505. The summed E-state index contributed by atoms with van der Waals surface area (Å²) in [4.78, 5) is 0. The maximum absolute atomic E-state index is 11.9. The van der Waals surface area contributed by atoms with Gasteiger partial charge >= 0.3 is 13.3 Å². The van der Waals surface area contributed by atoms with Crippen molar-refractivity contribution in [3.8, 4) is 11.5 Å². The number of ether oxygens (including phenoxy) is 2. The van der Waals surface area contributed by atoms with E-state index in [1.165, 1.54) is 19.2 Å². The van der Waals surface area contributed by atoms with Crippen LogP contribution in [0.4, 0.5) is 13.2 Å². The first kappa shape index (κ1) is 13.7. The molecule has 0 fully saturated rings. The Morgan fingerprint density at radius 2 is 1.76 bits per heavy atom. The number of hydrogen-bond acceptors (Lipinski definition) is 4. The van der Waals surface area contributed by atoms with Gasteiger partial charge in [0.25, 0.3) is 0 Å². The van der Waals surface area contributed by atoms with E-state index in [4.69, 9.17) is 14.8 Å². The summed E-state index contributed by atoms with van der Waals surface area (Å²) in [6, 6.07) is 3.60. The molecule has 17 heavy (non-hydrogen) atoms. The van der Waals surface area contributed by atoms with Crippen LogP contribution in [0.25, 0.3) is 0 Å². The monoisotopic (exact) mass is 250 g/mol. The van der Waals surface area contributed by atoms with Crippen LogP contribution in [0.5, 0.6) is 11.5 Å². The van der Waals surface area contributed by atoms with E-state index >= 15 is 0 Å². The molecule has 1 rings (SSSR count). The van der Waals surface area contributed by atoms with Gasteiger partial charge < -0.3 is 19.5 Å². The van der Waals surface area contributed by atoms with Crippen molar-refractivity contribution >= 4 is 12.6 Å². The van der Waals surface area contributed by atoms with Crippen molar-refractivity contribution in [3.63, 3.8) is 0 Å². The zero-order chi connectivity index (χ0) is 13.1. The Kier molecular flexibility index (Phi) is 4.25. The highest BCUT2D eigenvalue weighted by atomic mass is 19.4. The van der Waals surface area contributed by atoms with Crippen molar-refractivity contribution in [2.75, 3.05) is 13.7 Å². The minimum absolute atomic E-state index is 0.0125. The third kappa shape index (κ3) is 4.53. The molecule has 8 heteroatoms. The molecule has 0 atom stereocenters. The minimum atomic E-state index is -4.46. The number of benzene rings is 1. The SMILES string of the molecule is COc1cc(OCC(F)(F)F)cc(B(O)O)c1. The molecule has 2 N–H and O–H groups in total. The molecule has 0 saturated heterocycles. The molecule has 0 aromatic heterocycles. The Morgan fingerprint density at radius 3 is 2.24 bits per heavy atom. The molecule has 1 aromatic rings. The maximum Gasteiger partial charge on any atom is 0.488 e. The van der Waals surface area contributed by atoms with Crippen molar-refractivity contribution in [2.45, 2.75) is 6.18 Å². The third-order valence-corrected chi connectivity index (χ3v) is 1.84. The summed E-state index contributed by atoms with van der Waals surface area (Å²) in [5.41, 5.74) is -0.0125. The van der Waals surface area contributed by atoms with Crippen molar-refractivity contribution in [1.82, 2.24) is 0 Å². The Balaban J connectivity index is 2.87. The molecule has 0 heterocycles. The summed E-state index contributed by atoms with van der Waals surface area (Å²) >= 11 is 0. The molecule has 0 unspecified atom stereocenters. The van der Waals surface area contributed by atoms with E-state index in [0.717, 1.165) is 6.07 Å². The lowest BCUT2D eigenvalue weighted by molar-refractivity contribution is -0.153. The number of rotatable bonds is 4. The first-order chi connectivity index (χ1) is 7.81. The lowest BCUT2D eigenvalue weighted by Gasteiger charge is -2.12. The van der Waals surface area contributed by atoms with Crippen molar-refractivity contribution in [3.05, 3.63) is 18.2 Å². The van der Waals surface area contributed by atoms with Gasteiger partial charge in [0.2, 0.25) is 0 Å². The van der Waals surface area contributed by atoms with E-state index in [9.17, 15) is 13.2 Å². The molecule has 0 amide bonds. The number of halogens is 3. The quantitative estimate of drug-likeness (QED) is 0.755. The molecule has 0 aliphatic heterocycles. The van der Waals surface area contributed by atoms with Crippen LogP contribution in [-0.4, -0.2) is 37.1 Å². The van der Waals surface area contributed by atoms with Gasteiger partial charge in [0, 0.05) is 6.07 Å². The van der Waals surface area contributed by atoms with Gasteiger partial charge in [-0.3, -0.25) is 0 Å². The highest BCUT2D eigenvalue weighted by Crippen LogP contribution is 2.21. The molecule has 0 aliphatic rings. The molecular weight excluding hydrogens is 240 g/mol. The van der Waals surface area contributed by atoms with E-state index in [0.29, 0.717) is 0 Å². The molecule has 0 saturated carbocycles. The average molecular weight is 250 g/mol. The van der Waals surface area contributed by atoms with Crippen LogP contribution in [-0.2, 0) is 0 Å². The fourth-order valence-electron chi connectivity index (χ4n) is 1.11. The van der Waals surface area contributed by atoms with Crippen LogP contribution < -0.4 is 14.9 Å². The first-order valence-electron chi connectivity index (χ1n) is 4.56. The second kappa shape index (κ2) is 5.28. The van der Waals surface area contributed by atoms with Gasteiger partial charge in [-0.1, -0.05) is 0 Å². The number of alkyl halides is 3. The van der Waals surface area contributed by atoms with Gasteiger partial charge in [-0.15, -0.1) is 0 Å². The van der Waals surface area contributed by atoms with Gasteiger partial charge in [-0.2, -0.15) is 13.2 Å². The predicted molar refractivity (Wildman–Crippen MR) is 54.4 cm³/mol. The fourth-order valence-corrected chi connectivity index (χ4v) is 1.11. The summed E-state index contributed by atoms with van der Waals surface area (Å²) < 4.78 is 45.1. The lowest BCUT2D eigenvalue weighted by atomic mass is 9.80. The van der Waals surface area contributed by atoms with Crippen LogP contribution in [0.2, 0.25) is 0 Å². The highest BCUT2D eigenvalue weighted by molar-refractivity contribution is 6.58. The van der Waals surface area contributed by atoms with Crippen molar-refractivity contribution in [1.29, 1.82) is 0 Å². The normalized spacial score (nSPS) is 11.2. The summed E-state index contributed by atoms with van der Waals surface area (Å²) in [5.74, 6) is 0.0255. The molecule has 0 bridgehead atoms. The van der Waals surface area contributed by atoms with E-state index in [1.807, 2.05) is 0 Å². The predicted octanol–water partition coefficient (Wildman–Crippen LogP) is 0.316. The van der Waals surface area contributed by atoms with Crippen molar-refractivity contribution < 1.29 is 32.7 Å². The lowest BCUT2D eigenvalue weighted by Crippen LogP contribution is -2.30. The Labute approximate surface area is 95.7 Å². The Morgan fingerprint density at radius 1 is 1.18 bits per heavy atom. The van der Waals surface area contributed by atoms with Crippen LogP contribution >= 0.6 is 0 Å². The zero-order valence-corrected chi connectivity index (χ0v) is 8.86. The number of methoxy groups -OCH3 is 1. The summed E-state index contributed by atoms with van der Waals surface area (Å²) in [6.07, 6.45) is -4.46. The van der Waals surface area contributed by atoms with Gasteiger partial charge in [0.15, 0.2) is 6.61 Å². The smallest absolute Gasteiger partial charge is 0.488 e. The van der Waals surface area contributed by atoms with Gasteiger partial charge in [-0.05, 0) is 17.6 Å². The molecule has 0 aliphatic carbocycles. The second-order valence-corrected chi connectivity index (χ2v) is 3.22. The van der Waals surface area contributed by atoms with Crippen LogP contribution in [0.15, 0.2) is 18.2 Å². The van der Waals surface area contributed by atoms with Crippen LogP contribution in [0.1, 0.15) is 0 Å². The first-order valence-corrected chi connectivity index (χ1v) is 4.56. The van der Waals surface area contributed by atoms with E-state index in [2.05, 4.69) is 4.74 Å². The molecule has 4 nitrogen and oxygen atoms in total. The van der Waals surface area contributed by atoms with Gasteiger partial charge in [0.05, 0.1) is 7.11 Å². The zero-order valence-electron chi connectivity index (χ0n) is 8.86. The second-order valence-electron chi connectivity index (χ2n) is 3.22. The van der Waals surface area contributed by atoms with E-state index in [1.54, 1.807) is 0 Å². The molecule has 0 spiro atoms. The summed E-state index contributed by atoms with van der Waals surface area (Å²) in [6.45, 7) is -1.46. The molecule has 0 radical (unpaired) electrons. The average Bonchev–Trinajstić information content (AvgIpc) is 2.25. The standard InChI is InChI=1S/C9H10BF3O4/c1-16-7-2-6(10(14)15)3-8(4-7)17-5-9(11,12)13/h2-4,14-15H,5H2,1H3. The molecular formula is C9H10BF3O4. The third-order valence-electron chi connectivity index (χ3n) is 1.84. The fraction of sp³-hybridized carbons (Fsp3) is 0.333. The van der Waals surface area contributed by atoms with Gasteiger partial charge in [0.1, 0.15) is 11.5 Å². The Bertz CT molecular complexity index is 381. The largest absolute Gasteiger partial charge is 0.497 e. The number of hydrogen-bond donors (Lipinski definition) is 2. The highest BCUT2D eigenvalue weighted by Gasteiger charge is 2.28. The maximum atomic E-state index is 11.9. The summed E-state index contributed by atoms with van der Waals surface area (Å²) in [5, 5.41) is 17.8. The van der Waals surface area contributed by atoms with Gasteiger partial charge in [-0.25, -0.2) is 0 Å². The molecule has 1 aromatic carbocycles. The van der Waals surface area contributed by atoms with E-state index < -0.39 is 19.9 Å². The Hall–Kier alpha value is -1.41. The molecule has 94 valence electrons. The van der Waals surface area contributed by atoms with E-state index in [-0.39, 0.29) is 17.0 Å². The van der Waals surface area contributed by atoms with Crippen LogP contribution in [0.3, 0.4) is 0 Å².